The largest absolute Gasteiger partial charge is 0.508 e. The second kappa shape index (κ2) is 7.23. The molecular weight excluding hydrogens is 358 g/mol. The third kappa shape index (κ3) is 3.36. The average molecular weight is 377 g/mol. The maximum absolute atomic E-state index is 12.3. The van der Waals surface area contributed by atoms with E-state index in [1.54, 1.807) is 12.3 Å². The molecule has 2 aromatic heterocycles. The van der Waals surface area contributed by atoms with Crippen LogP contribution < -0.4 is 5.63 Å². The van der Waals surface area contributed by atoms with Crippen LogP contribution in [0.5, 0.6) is 5.75 Å². The lowest BCUT2D eigenvalue weighted by Gasteiger charge is -2.09. The van der Waals surface area contributed by atoms with Crippen molar-refractivity contribution in [3.63, 3.8) is 0 Å². The van der Waals surface area contributed by atoms with Gasteiger partial charge in [-0.1, -0.05) is 25.1 Å². The molecule has 2 aromatic carbocycles. The van der Waals surface area contributed by atoms with Gasteiger partial charge in [0.1, 0.15) is 17.9 Å². The van der Waals surface area contributed by atoms with Crippen molar-refractivity contribution in [1.82, 2.24) is 4.98 Å². The lowest BCUT2D eigenvalue weighted by atomic mass is 10.0. The first kappa shape index (κ1) is 17.9. The maximum atomic E-state index is 12.3. The number of aryl methyl sites for hydroxylation is 1. The van der Waals surface area contributed by atoms with Crippen molar-refractivity contribution in [3.05, 3.63) is 75.8 Å². The van der Waals surface area contributed by atoms with Crippen LogP contribution >= 0.6 is 0 Å². The summed E-state index contributed by atoms with van der Waals surface area (Å²) in [6, 6.07) is 12.2. The zero-order chi connectivity index (χ0) is 19.7. The topological polar surface area (TPSA) is 92.5 Å². The zero-order valence-electron chi connectivity index (χ0n) is 15.3. The molecule has 142 valence electrons. The summed E-state index contributed by atoms with van der Waals surface area (Å²) in [5, 5.41) is 11.6. The number of fused-ring (bicyclic) bond motifs is 2. The maximum Gasteiger partial charge on any atom is 0.336 e. The first-order valence-corrected chi connectivity index (χ1v) is 9.04. The van der Waals surface area contributed by atoms with E-state index in [2.05, 4.69) is 4.98 Å². The molecule has 0 radical (unpaired) electrons. The van der Waals surface area contributed by atoms with Crippen LogP contribution in [0.25, 0.3) is 21.9 Å². The average Bonchev–Trinajstić information content (AvgIpc) is 3.08. The Balaban J connectivity index is 1.56. The van der Waals surface area contributed by atoms with E-state index < -0.39 is 5.63 Å². The molecule has 4 aromatic rings. The molecule has 0 aliphatic carbocycles. The van der Waals surface area contributed by atoms with Crippen molar-refractivity contribution in [2.45, 2.75) is 26.4 Å². The highest BCUT2D eigenvalue weighted by Gasteiger charge is 2.13. The van der Waals surface area contributed by atoms with Gasteiger partial charge in [-0.3, -0.25) is 4.79 Å². The number of para-hydroxylation sites is 1. The third-order valence-electron chi connectivity index (χ3n) is 4.81. The Morgan fingerprint density at radius 2 is 1.93 bits per heavy atom. The summed E-state index contributed by atoms with van der Waals surface area (Å²) < 4.78 is 10.6. The molecule has 0 amide bonds. The number of carbonyl (C=O) groups excluding carboxylic acids is 1. The van der Waals surface area contributed by atoms with Crippen molar-refractivity contribution < 1.29 is 19.1 Å². The number of aromatic hydroxyl groups is 1. The minimum atomic E-state index is -0.557. The predicted molar refractivity (Wildman–Crippen MR) is 105 cm³/mol. The fraction of sp³-hybridized carbons (Fsp3) is 0.182. The number of benzene rings is 2. The summed E-state index contributed by atoms with van der Waals surface area (Å²) in [5.74, 6) is -0.313. The van der Waals surface area contributed by atoms with E-state index in [0.717, 1.165) is 22.0 Å². The number of nitrogens with one attached hydrogen (secondary N) is 1. The second-order valence-electron chi connectivity index (χ2n) is 6.62. The van der Waals surface area contributed by atoms with Gasteiger partial charge in [0.05, 0.1) is 6.42 Å². The molecule has 2 N–H and O–H groups in total. The molecule has 0 atom stereocenters. The SMILES string of the molecule is CCc1cc2c(COC(=O)Cc3c[nH]c4ccccc34)cc(=O)oc2cc1O. The van der Waals surface area contributed by atoms with E-state index in [1.807, 2.05) is 31.2 Å². The van der Waals surface area contributed by atoms with E-state index in [0.29, 0.717) is 17.4 Å². The van der Waals surface area contributed by atoms with Crippen LogP contribution in [0.3, 0.4) is 0 Å². The monoisotopic (exact) mass is 377 g/mol. The summed E-state index contributed by atoms with van der Waals surface area (Å²) in [6.45, 7) is 1.87. The molecule has 0 spiro atoms. The molecule has 0 bridgehead atoms. The van der Waals surface area contributed by atoms with Crippen molar-refractivity contribution in [3.8, 4) is 5.75 Å². The third-order valence-corrected chi connectivity index (χ3v) is 4.81. The van der Waals surface area contributed by atoms with Gasteiger partial charge in [0.2, 0.25) is 0 Å². The lowest BCUT2D eigenvalue weighted by molar-refractivity contribution is -0.144. The Kier molecular flexibility index (Phi) is 4.61. The number of carbonyl (C=O) groups is 1. The fourth-order valence-corrected chi connectivity index (χ4v) is 3.35. The van der Waals surface area contributed by atoms with Crippen molar-refractivity contribution in [2.24, 2.45) is 0 Å². The zero-order valence-corrected chi connectivity index (χ0v) is 15.3. The van der Waals surface area contributed by atoms with Crippen LogP contribution in [0.4, 0.5) is 0 Å². The Labute approximate surface area is 160 Å². The van der Waals surface area contributed by atoms with Crippen LogP contribution in [0, 0.1) is 0 Å². The Hall–Kier alpha value is -3.54. The summed E-state index contributed by atoms with van der Waals surface area (Å²) in [4.78, 5) is 27.3. The van der Waals surface area contributed by atoms with Gasteiger partial charge in [0, 0.05) is 40.2 Å². The molecule has 6 nitrogen and oxygen atoms in total. The van der Waals surface area contributed by atoms with Crippen molar-refractivity contribution >= 4 is 27.8 Å². The van der Waals surface area contributed by atoms with E-state index in [4.69, 9.17) is 9.15 Å². The summed E-state index contributed by atoms with van der Waals surface area (Å²) in [6.07, 6.45) is 2.56. The lowest BCUT2D eigenvalue weighted by Crippen LogP contribution is -2.10. The highest BCUT2D eigenvalue weighted by molar-refractivity contribution is 5.87. The number of H-pyrrole nitrogens is 1. The second-order valence-corrected chi connectivity index (χ2v) is 6.62. The van der Waals surface area contributed by atoms with Gasteiger partial charge in [-0.15, -0.1) is 0 Å². The van der Waals surface area contributed by atoms with Crippen molar-refractivity contribution in [1.29, 1.82) is 0 Å². The summed E-state index contributed by atoms with van der Waals surface area (Å²) in [5.41, 5.74) is 2.81. The molecular formula is C22H19NO5. The van der Waals surface area contributed by atoms with Crippen molar-refractivity contribution in [2.75, 3.05) is 0 Å². The summed E-state index contributed by atoms with van der Waals surface area (Å²) >= 11 is 0. The van der Waals surface area contributed by atoms with Crippen LogP contribution in [0.1, 0.15) is 23.6 Å². The minimum Gasteiger partial charge on any atom is -0.508 e. The van der Waals surface area contributed by atoms with Gasteiger partial charge in [-0.25, -0.2) is 4.79 Å². The Morgan fingerprint density at radius 1 is 1.11 bits per heavy atom. The van der Waals surface area contributed by atoms with E-state index >= 15 is 0 Å². The van der Waals surface area contributed by atoms with E-state index in [9.17, 15) is 14.7 Å². The number of aromatic nitrogens is 1. The van der Waals surface area contributed by atoms with Gasteiger partial charge in [-0.05, 0) is 29.7 Å². The molecule has 0 aliphatic heterocycles. The molecule has 4 rings (SSSR count). The number of phenolic OH excluding ortho intramolecular Hbond substituents is 1. The Morgan fingerprint density at radius 3 is 2.75 bits per heavy atom. The molecule has 2 heterocycles. The molecule has 0 unspecified atom stereocenters. The summed E-state index contributed by atoms with van der Waals surface area (Å²) in [7, 11) is 0. The minimum absolute atomic E-state index is 0.0444. The highest BCUT2D eigenvalue weighted by Crippen LogP contribution is 2.27. The smallest absolute Gasteiger partial charge is 0.336 e. The van der Waals surface area contributed by atoms with Gasteiger partial charge in [0.25, 0.3) is 0 Å². The van der Waals surface area contributed by atoms with Crippen LogP contribution in [-0.2, 0) is 29.0 Å². The molecule has 28 heavy (non-hydrogen) atoms. The first-order valence-electron chi connectivity index (χ1n) is 9.04. The van der Waals surface area contributed by atoms with Gasteiger partial charge in [0.15, 0.2) is 0 Å². The number of esters is 1. The van der Waals surface area contributed by atoms with Gasteiger partial charge in [-0.2, -0.15) is 0 Å². The number of hydrogen-bond acceptors (Lipinski definition) is 5. The number of aromatic amines is 1. The quantitative estimate of drug-likeness (QED) is 0.407. The molecule has 0 fully saturated rings. The van der Waals surface area contributed by atoms with E-state index in [-0.39, 0.29) is 30.3 Å². The molecule has 0 aliphatic rings. The molecule has 6 heteroatoms. The first-order chi connectivity index (χ1) is 13.5. The predicted octanol–water partition coefficient (Wildman–Crippen LogP) is 3.83. The standard InChI is InChI=1S/C22H19NO5/c1-2-13-7-17-15(9-22(26)28-20(17)10-19(13)24)12-27-21(25)8-14-11-23-18-6-4-3-5-16(14)18/h3-7,9-11,23-24H,2,8,12H2,1H3. The molecule has 0 saturated carbocycles. The van der Waals surface area contributed by atoms with Crippen LogP contribution in [-0.4, -0.2) is 16.1 Å². The van der Waals surface area contributed by atoms with Gasteiger partial charge < -0.3 is 19.2 Å². The van der Waals surface area contributed by atoms with Gasteiger partial charge >= 0.3 is 11.6 Å². The normalized spacial score (nSPS) is 11.2. The number of hydrogen-bond donors (Lipinski definition) is 2. The van der Waals surface area contributed by atoms with E-state index in [1.165, 1.54) is 12.1 Å². The Bertz CT molecular complexity index is 1230. The van der Waals surface area contributed by atoms with Crippen LogP contribution in [0.2, 0.25) is 0 Å². The number of phenols is 1. The van der Waals surface area contributed by atoms with Crippen LogP contribution in [0.15, 0.2) is 57.9 Å². The number of rotatable bonds is 5. The highest BCUT2D eigenvalue weighted by atomic mass is 16.5. The fourth-order valence-electron chi connectivity index (χ4n) is 3.35. The molecule has 0 saturated heterocycles. The number of ether oxygens (including phenoxy) is 1.